The number of nitrogens with one attached hydrogen (secondary N) is 3. The van der Waals surface area contributed by atoms with Crippen molar-refractivity contribution in [2.24, 2.45) is 5.41 Å². The zero-order valence-electron chi connectivity index (χ0n) is 19.8. The molecule has 2 aromatic rings. The first kappa shape index (κ1) is 23.8. The van der Waals surface area contributed by atoms with Gasteiger partial charge in [0, 0.05) is 36.6 Å². The van der Waals surface area contributed by atoms with Crippen LogP contribution in [-0.2, 0) is 10.3 Å². The Bertz CT molecular complexity index is 1040. The molecule has 0 spiro atoms. The Kier molecular flexibility index (Phi) is 7.22. The minimum absolute atomic E-state index is 0.202. The van der Waals surface area contributed by atoms with Gasteiger partial charge in [-0.05, 0) is 67.7 Å². The van der Waals surface area contributed by atoms with Crippen molar-refractivity contribution in [1.82, 2.24) is 15.3 Å². The summed E-state index contributed by atoms with van der Waals surface area (Å²) in [6.45, 7) is 10.3. The Morgan fingerprint density at radius 1 is 1.38 bits per heavy atom. The minimum atomic E-state index is -0.310. The van der Waals surface area contributed by atoms with Crippen LogP contribution < -0.4 is 10.6 Å². The van der Waals surface area contributed by atoms with Crippen LogP contribution in [0.4, 0.5) is 5.69 Å². The third-order valence-corrected chi connectivity index (χ3v) is 6.12. The van der Waals surface area contributed by atoms with Crippen molar-refractivity contribution in [3.05, 3.63) is 53.1 Å². The Balaban J connectivity index is 1.94. The highest BCUT2D eigenvalue weighted by Gasteiger charge is 2.26. The van der Waals surface area contributed by atoms with Gasteiger partial charge in [-0.25, -0.2) is 4.98 Å². The van der Waals surface area contributed by atoms with Crippen LogP contribution in [0, 0.1) is 17.8 Å². The predicted molar refractivity (Wildman–Crippen MR) is 129 cm³/mol. The summed E-state index contributed by atoms with van der Waals surface area (Å²) >= 11 is 0. The van der Waals surface area contributed by atoms with Gasteiger partial charge in [-0.15, -0.1) is 6.42 Å². The van der Waals surface area contributed by atoms with E-state index >= 15 is 0 Å². The zero-order valence-corrected chi connectivity index (χ0v) is 19.8. The number of allylic oxidation sites excluding steroid dienone is 2. The lowest BCUT2D eigenvalue weighted by Crippen LogP contribution is -2.38. The third-order valence-electron chi connectivity index (χ3n) is 6.12. The lowest BCUT2D eigenvalue weighted by Gasteiger charge is -2.31. The van der Waals surface area contributed by atoms with Crippen LogP contribution in [0.25, 0.3) is 5.57 Å². The molecule has 3 rings (SSSR count). The number of hydrogen-bond donors (Lipinski definition) is 3. The van der Waals surface area contributed by atoms with Gasteiger partial charge in [0.25, 0.3) is 5.91 Å². The fourth-order valence-electron chi connectivity index (χ4n) is 3.89. The molecule has 170 valence electrons. The van der Waals surface area contributed by atoms with Gasteiger partial charge in [0.05, 0.1) is 6.61 Å². The molecule has 1 aliphatic carbocycles. The van der Waals surface area contributed by atoms with Crippen molar-refractivity contribution in [1.29, 1.82) is 0 Å². The van der Waals surface area contributed by atoms with E-state index in [1.54, 1.807) is 13.3 Å². The topological polar surface area (TPSA) is 79.0 Å². The summed E-state index contributed by atoms with van der Waals surface area (Å²) < 4.78 is 5.19. The molecule has 0 fully saturated rings. The number of carbonyl (C=O) groups is 1. The Labute approximate surface area is 191 Å². The number of methoxy groups -OCH3 is 1. The smallest absolute Gasteiger partial charge is 0.291 e. The molecular formula is C26H34N4O2. The summed E-state index contributed by atoms with van der Waals surface area (Å²) in [6, 6.07) is 6.23. The molecule has 3 N–H and O–H groups in total. The van der Waals surface area contributed by atoms with Crippen LogP contribution in [-0.4, -0.2) is 36.1 Å². The van der Waals surface area contributed by atoms with Crippen molar-refractivity contribution in [3.8, 4) is 12.3 Å². The molecule has 32 heavy (non-hydrogen) atoms. The Morgan fingerprint density at radius 3 is 2.78 bits per heavy atom. The lowest BCUT2D eigenvalue weighted by molar-refractivity contribution is 0.101. The van der Waals surface area contributed by atoms with Crippen LogP contribution in [0.2, 0.25) is 0 Å². The fraction of sp³-hybridized carbons (Fsp3) is 0.462. The highest BCUT2D eigenvalue weighted by atomic mass is 16.5. The summed E-state index contributed by atoms with van der Waals surface area (Å²) in [6.07, 6.45) is 12.3. The van der Waals surface area contributed by atoms with Crippen molar-refractivity contribution in [2.45, 2.75) is 52.5 Å². The highest BCUT2D eigenvalue weighted by Crippen LogP contribution is 2.41. The number of amides is 1. The number of benzene rings is 1. The first-order chi connectivity index (χ1) is 15.1. The van der Waals surface area contributed by atoms with E-state index in [-0.39, 0.29) is 17.3 Å². The SMILES string of the molecule is C#Cc1c[nH]c(C(=O)Nc2ccc(C(C)(C)NCCOC)cc2C2=CCC(C)(C)CC2)n1. The van der Waals surface area contributed by atoms with Crippen LogP contribution >= 0.6 is 0 Å². The fourth-order valence-corrected chi connectivity index (χ4v) is 3.89. The molecule has 1 aromatic heterocycles. The summed E-state index contributed by atoms with van der Waals surface area (Å²) in [5.74, 6) is 2.33. The highest BCUT2D eigenvalue weighted by molar-refractivity contribution is 6.03. The van der Waals surface area contributed by atoms with Crippen LogP contribution in [0.1, 0.15) is 74.4 Å². The molecule has 1 aliphatic rings. The number of anilines is 1. The molecule has 0 saturated heterocycles. The standard InChI is InChI=1S/C26H34N4O2/c1-7-20-17-27-23(29-20)24(31)30-22-9-8-19(26(4,5)28-14-15-32-6)16-21(22)18-10-12-25(2,3)13-11-18/h1,8-10,16-17,28H,11-15H2,2-6H3,(H,27,29)(H,30,31). The summed E-state index contributed by atoms with van der Waals surface area (Å²) in [4.78, 5) is 19.8. The average Bonchev–Trinajstić information content (AvgIpc) is 3.24. The molecule has 1 amide bonds. The minimum Gasteiger partial charge on any atom is -0.383 e. The predicted octanol–water partition coefficient (Wildman–Crippen LogP) is 4.71. The summed E-state index contributed by atoms with van der Waals surface area (Å²) in [5.41, 5.74) is 4.70. The summed E-state index contributed by atoms with van der Waals surface area (Å²) in [7, 11) is 1.70. The van der Waals surface area contributed by atoms with E-state index in [2.05, 4.69) is 72.4 Å². The number of nitrogens with zero attached hydrogens (tertiary/aromatic N) is 1. The maximum absolute atomic E-state index is 12.8. The molecule has 0 atom stereocenters. The number of imidazole rings is 1. The Morgan fingerprint density at radius 2 is 2.16 bits per heavy atom. The number of H-pyrrole nitrogens is 1. The van der Waals surface area contributed by atoms with E-state index in [4.69, 9.17) is 11.2 Å². The molecule has 1 heterocycles. The van der Waals surface area contributed by atoms with Crippen LogP contribution in [0.15, 0.2) is 30.5 Å². The normalized spacial score (nSPS) is 15.7. The van der Waals surface area contributed by atoms with Crippen LogP contribution in [0.3, 0.4) is 0 Å². The number of aromatic nitrogens is 2. The van der Waals surface area contributed by atoms with E-state index < -0.39 is 0 Å². The molecule has 0 bridgehead atoms. The summed E-state index contributed by atoms with van der Waals surface area (Å²) in [5, 5.41) is 6.58. The first-order valence-corrected chi connectivity index (χ1v) is 11.1. The second kappa shape index (κ2) is 9.72. The number of rotatable bonds is 8. The second-order valence-electron chi connectivity index (χ2n) is 9.64. The van der Waals surface area contributed by atoms with Gasteiger partial charge in [-0.2, -0.15) is 0 Å². The number of aromatic amines is 1. The van der Waals surface area contributed by atoms with Gasteiger partial charge >= 0.3 is 0 Å². The molecule has 0 radical (unpaired) electrons. The van der Waals surface area contributed by atoms with Crippen molar-refractivity contribution in [3.63, 3.8) is 0 Å². The largest absolute Gasteiger partial charge is 0.383 e. The van der Waals surface area contributed by atoms with Gasteiger partial charge in [-0.1, -0.05) is 26.0 Å². The number of carbonyl (C=O) groups excluding carboxylic acids is 1. The van der Waals surface area contributed by atoms with E-state index in [0.29, 0.717) is 17.7 Å². The Hall–Kier alpha value is -2.88. The molecule has 1 aromatic carbocycles. The van der Waals surface area contributed by atoms with Gasteiger partial charge in [0.2, 0.25) is 0 Å². The molecule has 6 heteroatoms. The number of ether oxygens (including phenoxy) is 1. The number of terminal acetylenes is 1. The second-order valence-corrected chi connectivity index (χ2v) is 9.64. The number of hydrogen-bond acceptors (Lipinski definition) is 4. The van der Waals surface area contributed by atoms with Crippen molar-refractivity contribution >= 4 is 17.2 Å². The molecule has 6 nitrogen and oxygen atoms in total. The van der Waals surface area contributed by atoms with Gasteiger partial charge in [0.15, 0.2) is 5.82 Å². The zero-order chi connectivity index (χ0) is 23.4. The van der Waals surface area contributed by atoms with Crippen molar-refractivity contribution in [2.75, 3.05) is 25.6 Å². The maximum Gasteiger partial charge on any atom is 0.291 e. The van der Waals surface area contributed by atoms with E-state index in [1.165, 1.54) is 5.57 Å². The monoisotopic (exact) mass is 434 g/mol. The van der Waals surface area contributed by atoms with Gasteiger partial charge in [-0.3, -0.25) is 4.79 Å². The first-order valence-electron chi connectivity index (χ1n) is 11.1. The van der Waals surface area contributed by atoms with Crippen LogP contribution in [0.5, 0.6) is 0 Å². The molecule has 0 aliphatic heterocycles. The quantitative estimate of drug-likeness (QED) is 0.415. The van der Waals surface area contributed by atoms with Crippen molar-refractivity contribution < 1.29 is 9.53 Å². The third kappa shape index (κ3) is 5.67. The van der Waals surface area contributed by atoms with E-state index in [1.807, 2.05) is 6.07 Å². The molecule has 0 saturated carbocycles. The molecule has 0 unspecified atom stereocenters. The van der Waals surface area contributed by atoms with Gasteiger partial charge in [0.1, 0.15) is 5.69 Å². The van der Waals surface area contributed by atoms with E-state index in [0.717, 1.165) is 42.6 Å². The average molecular weight is 435 g/mol. The molecular weight excluding hydrogens is 400 g/mol. The maximum atomic E-state index is 12.8. The van der Waals surface area contributed by atoms with E-state index in [9.17, 15) is 4.79 Å². The van der Waals surface area contributed by atoms with Gasteiger partial charge < -0.3 is 20.4 Å². The lowest BCUT2D eigenvalue weighted by atomic mass is 9.76.